The smallest absolute Gasteiger partial charge is 0.255 e. The van der Waals surface area contributed by atoms with E-state index in [2.05, 4.69) is 52.0 Å². The summed E-state index contributed by atoms with van der Waals surface area (Å²) < 4.78 is 11.9. The molecule has 4 bridgehead atoms. The number of carbonyl (C=O) groups excluding carboxylic acids is 5. The number of aromatic nitrogens is 2. The van der Waals surface area contributed by atoms with E-state index in [1.54, 1.807) is 13.8 Å². The number of benzene rings is 3. The first kappa shape index (κ1) is 52.8. The summed E-state index contributed by atoms with van der Waals surface area (Å²) in [4.78, 5) is 81.2. The molecule has 69 heavy (non-hydrogen) atoms. The molecule has 4 aromatic rings. The molecule has 0 saturated heterocycles. The van der Waals surface area contributed by atoms with Gasteiger partial charge in [0.05, 0.1) is 23.0 Å². The van der Waals surface area contributed by atoms with Gasteiger partial charge in [-0.1, -0.05) is 51.1 Å². The van der Waals surface area contributed by atoms with E-state index < -0.39 is 59.8 Å². The molecule has 2 heterocycles. The molecule has 1 aromatic heterocycles. The topological polar surface area (TPSA) is 323 Å². The number of aromatic hydroxyl groups is 1. The number of ether oxygens (including phenoxy) is 2. The van der Waals surface area contributed by atoms with Crippen LogP contribution in [0.5, 0.6) is 17.2 Å². The Labute approximate surface area is 401 Å². The fraction of sp³-hybridized carbons (Fsp3) is 0.429. The van der Waals surface area contributed by atoms with Gasteiger partial charge >= 0.3 is 0 Å². The van der Waals surface area contributed by atoms with Crippen LogP contribution in [-0.4, -0.2) is 125 Å². The molecule has 20 heteroatoms. The SMILES string of the molecule is Cc1nc(-c2ccc(C(C)(C)C)cc2)nc(C)c1C(=O)NC(CCN)C(=O)N(C)[C@@H]1C(=O)N[C@@H](C)C(=O)N[C@H](C(=O)NCC#N)Cc2cc(OCCN)c(O)c(c2)-c2cc1ccc2OCC(O)CN. The number of phenols is 1. The number of nitrogens with one attached hydrogen (secondary N) is 4. The van der Waals surface area contributed by atoms with E-state index in [9.17, 15) is 39.4 Å². The van der Waals surface area contributed by atoms with Crippen LogP contribution in [-0.2, 0) is 31.0 Å². The van der Waals surface area contributed by atoms with Crippen LogP contribution in [0.25, 0.3) is 22.5 Å². The predicted molar refractivity (Wildman–Crippen MR) is 257 cm³/mol. The van der Waals surface area contributed by atoms with Gasteiger partial charge < -0.3 is 63.1 Å². The number of nitrogens with zero attached hydrogens (tertiary/aromatic N) is 4. The van der Waals surface area contributed by atoms with E-state index in [-0.39, 0.29) is 97.2 Å². The molecule has 12 N–H and O–H groups in total. The molecule has 20 nitrogen and oxygen atoms in total. The van der Waals surface area contributed by atoms with Crippen molar-refractivity contribution in [1.29, 1.82) is 5.26 Å². The summed E-state index contributed by atoms with van der Waals surface area (Å²) in [6.45, 7) is 10.3. The molecule has 3 aromatic carbocycles. The lowest BCUT2D eigenvalue weighted by Crippen LogP contribution is -2.56. The van der Waals surface area contributed by atoms with Crippen molar-refractivity contribution < 1.29 is 43.7 Å². The Kier molecular flexibility index (Phi) is 17.8. The number of nitrogens with two attached hydrogens (primary N) is 3. The number of hydrogen-bond acceptors (Lipinski definition) is 15. The molecule has 0 fully saturated rings. The van der Waals surface area contributed by atoms with Gasteiger partial charge in [-0.05, 0) is 80.1 Å². The van der Waals surface area contributed by atoms with Crippen molar-refractivity contribution in [3.05, 3.63) is 88.2 Å². The highest BCUT2D eigenvalue weighted by Crippen LogP contribution is 2.44. The Bertz CT molecular complexity index is 2550. The molecule has 1 aliphatic heterocycles. The molecular weight excluding hydrogens is 887 g/mol. The lowest BCUT2D eigenvalue weighted by atomic mass is 9.86. The van der Waals surface area contributed by atoms with E-state index in [0.29, 0.717) is 22.8 Å². The number of nitriles is 1. The summed E-state index contributed by atoms with van der Waals surface area (Å²) >= 11 is 0. The maximum Gasteiger partial charge on any atom is 0.255 e. The number of hydrogen-bond donors (Lipinski definition) is 9. The summed E-state index contributed by atoms with van der Waals surface area (Å²) in [6, 6.07) is 11.8. The quantitative estimate of drug-likeness (QED) is 0.0715. The molecule has 0 radical (unpaired) electrons. The second-order valence-corrected chi connectivity index (χ2v) is 17.8. The van der Waals surface area contributed by atoms with Crippen LogP contribution in [0, 0.1) is 25.2 Å². The number of fused-ring (bicyclic) bond motifs is 5. The third kappa shape index (κ3) is 12.9. The van der Waals surface area contributed by atoms with Crippen LogP contribution in [0.2, 0.25) is 0 Å². The van der Waals surface area contributed by atoms with Crippen molar-refractivity contribution in [2.24, 2.45) is 17.2 Å². The highest BCUT2D eigenvalue weighted by molar-refractivity contribution is 6.00. The van der Waals surface area contributed by atoms with E-state index in [4.69, 9.17) is 26.7 Å². The van der Waals surface area contributed by atoms with E-state index in [1.807, 2.05) is 30.3 Å². The van der Waals surface area contributed by atoms with Crippen LogP contribution in [0.3, 0.4) is 0 Å². The number of aliphatic hydroxyl groups excluding tert-OH is 1. The lowest BCUT2D eigenvalue weighted by Gasteiger charge is -2.32. The number of likely N-dealkylation sites (N-methyl/N-ethyl adjacent to an activating group) is 1. The molecule has 368 valence electrons. The molecule has 1 aliphatic rings. The zero-order valence-corrected chi connectivity index (χ0v) is 40.0. The minimum atomic E-state index is -1.53. The Hall–Kier alpha value is -7.18. The number of aliphatic hydroxyl groups is 1. The van der Waals surface area contributed by atoms with E-state index in [0.717, 1.165) is 16.0 Å². The zero-order chi connectivity index (χ0) is 50.7. The molecule has 0 saturated carbocycles. The van der Waals surface area contributed by atoms with Crippen molar-refractivity contribution in [3.8, 4) is 45.8 Å². The van der Waals surface area contributed by atoms with Gasteiger partial charge in [0, 0.05) is 43.2 Å². The van der Waals surface area contributed by atoms with Gasteiger partial charge in [-0.25, -0.2) is 9.97 Å². The number of aryl methyl sites for hydroxylation is 2. The van der Waals surface area contributed by atoms with Crippen molar-refractivity contribution in [3.63, 3.8) is 0 Å². The third-order valence-corrected chi connectivity index (χ3v) is 11.5. The van der Waals surface area contributed by atoms with Crippen molar-refractivity contribution >= 4 is 29.5 Å². The van der Waals surface area contributed by atoms with Gasteiger partial charge in [-0.3, -0.25) is 24.0 Å². The lowest BCUT2D eigenvalue weighted by molar-refractivity contribution is -0.141. The number of amides is 5. The molecular formula is C49H63N11O9. The van der Waals surface area contributed by atoms with Crippen LogP contribution in [0.4, 0.5) is 0 Å². The van der Waals surface area contributed by atoms with Gasteiger partial charge in [0.15, 0.2) is 17.3 Å². The minimum absolute atomic E-state index is 0.0256. The van der Waals surface area contributed by atoms with Crippen molar-refractivity contribution in [2.45, 2.75) is 90.1 Å². The van der Waals surface area contributed by atoms with E-state index >= 15 is 0 Å². The molecule has 0 aliphatic carbocycles. The van der Waals surface area contributed by atoms with Crippen molar-refractivity contribution in [1.82, 2.24) is 36.1 Å². The van der Waals surface area contributed by atoms with Gasteiger partial charge in [0.1, 0.15) is 55.8 Å². The molecule has 5 atom stereocenters. The van der Waals surface area contributed by atoms with E-state index in [1.165, 1.54) is 44.3 Å². The fourth-order valence-corrected chi connectivity index (χ4v) is 7.80. The maximum atomic E-state index is 14.8. The third-order valence-electron chi connectivity index (χ3n) is 11.5. The Morgan fingerprint density at radius 1 is 0.942 bits per heavy atom. The minimum Gasteiger partial charge on any atom is -0.504 e. The van der Waals surface area contributed by atoms with Crippen molar-refractivity contribution in [2.75, 3.05) is 46.4 Å². The zero-order valence-electron chi connectivity index (χ0n) is 40.0. The number of carbonyl (C=O) groups is 5. The Morgan fingerprint density at radius 2 is 1.62 bits per heavy atom. The van der Waals surface area contributed by atoms with Gasteiger partial charge in [0.2, 0.25) is 23.6 Å². The first-order valence-electron chi connectivity index (χ1n) is 22.6. The second-order valence-electron chi connectivity index (χ2n) is 17.8. The van der Waals surface area contributed by atoms with Crippen LogP contribution in [0.15, 0.2) is 54.6 Å². The average molecular weight is 950 g/mol. The summed E-state index contributed by atoms with van der Waals surface area (Å²) in [5.74, 6) is -3.62. The summed E-state index contributed by atoms with van der Waals surface area (Å²) in [6.07, 6.45) is -1.31. The second kappa shape index (κ2) is 23.2. The van der Waals surface area contributed by atoms with Gasteiger partial charge in [-0.15, -0.1) is 0 Å². The molecule has 5 amide bonds. The number of rotatable bonds is 16. The molecule has 0 spiro atoms. The monoisotopic (exact) mass is 949 g/mol. The normalized spacial score (nSPS) is 16.9. The van der Waals surface area contributed by atoms with Gasteiger partial charge in [0.25, 0.3) is 5.91 Å². The average Bonchev–Trinajstić information content (AvgIpc) is 3.31. The predicted octanol–water partition coefficient (Wildman–Crippen LogP) is 1.30. The highest BCUT2D eigenvalue weighted by Gasteiger charge is 2.37. The standard InChI is InChI=1S/C49H63N11O9/c1-26-40(27(2)56-43(55-26)30-8-11-32(12-9-30)49(4,5)6)46(65)58-36(14-15-50)48(67)60(7)41-31-10-13-38(69-25-33(61)24-53)34(23-31)35-20-29(22-39(42(35)62)68-19-17-52)21-37(45(64)54-18-16-51)59-44(63)28(3)57-47(41)66/h8-13,20,22-23,28,33,36-37,41,61-62H,14-15,17-19,21,24-25,50,52-53H2,1-7H3,(H,54,64)(H,57,66)(H,58,65)(H,59,63)/t28-,33?,36?,37-,41-/m0/s1. The van der Waals surface area contributed by atoms with Gasteiger partial charge in [-0.2, -0.15) is 5.26 Å². The fourth-order valence-electron chi connectivity index (χ4n) is 7.80. The maximum absolute atomic E-state index is 14.8. The Balaban J connectivity index is 1.61. The Morgan fingerprint density at radius 3 is 2.23 bits per heavy atom. The largest absolute Gasteiger partial charge is 0.504 e. The highest BCUT2D eigenvalue weighted by atomic mass is 16.5. The first-order chi connectivity index (χ1) is 32.7. The summed E-state index contributed by atoms with van der Waals surface area (Å²) in [5.41, 5.74) is 20.9. The molecule has 2 unspecified atom stereocenters. The van der Waals surface area contributed by atoms with Crippen LogP contribution in [0.1, 0.15) is 78.6 Å². The number of phenolic OH excluding ortho intramolecular Hbond substituents is 1. The summed E-state index contributed by atoms with van der Waals surface area (Å²) in [7, 11) is 1.35. The van der Waals surface area contributed by atoms with Crippen LogP contribution < -0.4 is 47.9 Å². The first-order valence-corrected chi connectivity index (χ1v) is 22.6. The molecule has 5 rings (SSSR count). The summed E-state index contributed by atoms with van der Waals surface area (Å²) in [5, 5.41) is 41.9. The van der Waals surface area contributed by atoms with Crippen LogP contribution >= 0.6 is 0 Å².